The number of aromatic hydroxyl groups is 1. The third-order valence-corrected chi connectivity index (χ3v) is 2.43. The van der Waals surface area contributed by atoms with Gasteiger partial charge in [-0.05, 0) is 24.3 Å². The second-order valence-corrected chi connectivity index (χ2v) is 3.50. The third-order valence-electron chi connectivity index (χ3n) is 2.43. The summed E-state index contributed by atoms with van der Waals surface area (Å²) in [6.07, 6.45) is 0. The molecule has 3 aromatic rings. The van der Waals surface area contributed by atoms with Gasteiger partial charge in [-0.15, -0.1) is 0 Å². The van der Waals surface area contributed by atoms with Crippen LogP contribution in [0.5, 0.6) is 5.75 Å². The fourth-order valence-corrected chi connectivity index (χ4v) is 1.64. The molecule has 0 saturated heterocycles. The van der Waals surface area contributed by atoms with Crippen molar-refractivity contribution in [3.63, 3.8) is 0 Å². The van der Waals surface area contributed by atoms with E-state index in [2.05, 4.69) is 4.98 Å². The van der Waals surface area contributed by atoms with Gasteiger partial charge in [0.05, 0.1) is 5.56 Å². The summed E-state index contributed by atoms with van der Waals surface area (Å²) < 4.78 is 5.56. The molecule has 3 rings (SSSR count). The van der Waals surface area contributed by atoms with Crippen LogP contribution in [0.2, 0.25) is 0 Å². The van der Waals surface area contributed by atoms with Crippen LogP contribution in [0.4, 0.5) is 0 Å². The van der Waals surface area contributed by atoms with Crippen LogP contribution >= 0.6 is 0 Å². The zero-order chi connectivity index (χ0) is 11.0. The van der Waals surface area contributed by atoms with Gasteiger partial charge in [0.1, 0.15) is 11.3 Å². The Morgan fingerprint density at radius 2 is 1.65 bits per heavy atom. The summed E-state index contributed by atoms with van der Waals surface area (Å²) in [5.74, 6) is 0.619. The van der Waals surface area contributed by atoms with E-state index in [-0.39, 0.29) is 31.6 Å². The van der Waals surface area contributed by atoms with Crippen LogP contribution < -0.4 is 0 Å². The minimum atomic E-state index is 0. The molecule has 0 spiro atoms. The molecule has 0 amide bonds. The quantitative estimate of drug-likeness (QED) is 0.650. The zero-order valence-corrected chi connectivity index (χ0v) is 12.5. The average molecular weight is 390 g/mol. The molecule has 0 saturated carbocycles. The second kappa shape index (κ2) is 4.84. The van der Waals surface area contributed by atoms with E-state index in [0.717, 1.165) is 11.1 Å². The van der Waals surface area contributed by atoms with Gasteiger partial charge < -0.3 is 9.52 Å². The van der Waals surface area contributed by atoms with E-state index in [9.17, 15) is 5.11 Å². The predicted molar refractivity (Wildman–Crippen MR) is 61.1 cm³/mol. The van der Waals surface area contributed by atoms with Crippen molar-refractivity contribution in [1.29, 1.82) is 0 Å². The molecule has 0 fully saturated rings. The molecule has 0 unspecified atom stereocenters. The van der Waals surface area contributed by atoms with E-state index in [0.29, 0.717) is 11.5 Å². The molecule has 1 aromatic heterocycles. The van der Waals surface area contributed by atoms with Crippen molar-refractivity contribution in [2.45, 2.75) is 0 Å². The number of fused-ring (bicyclic) bond motifs is 1. The summed E-state index contributed by atoms with van der Waals surface area (Å²) in [5, 5.41) is 9.69. The summed E-state index contributed by atoms with van der Waals surface area (Å²) in [6, 6.07) is 14.5. The number of benzene rings is 2. The van der Waals surface area contributed by atoms with Crippen LogP contribution in [0.25, 0.3) is 22.6 Å². The second-order valence-electron chi connectivity index (χ2n) is 3.50. The number of hydrogen-bond donors (Lipinski definition) is 1. The molecule has 1 heterocycles. The van der Waals surface area contributed by atoms with Gasteiger partial charge in [0.25, 0.3) is 0 Å². The monoisotopic (exact) mass is 391 g/mol. The summed E-state index contributed by atoms with van der Waals surface area (Å²) >= 11 is 0. The molecule has 0 aliphatic rings. The Balaban J connectivity index is 0.00000108. The number of aromatic nitrogens is 1. The van der Waals surface area contributed by atoms with E-state index in [1.165, 1.54) is 0 Å². The van der Waals surface area contributed by atoms with Gasteiger partial charge in [-0.25, -0.2) is 4.98 Å². The zero-order valence-electron chi connectivity index (χ0n) is 8.92. The number of rotatable bonds is 1. The smallest absolute Gasteiger partial charge is 0.231 e. The van der Waals surface area contributed by atoms with Crippen LogP contribution in [0.15, 0.2) is 52.9 Å². The Labute approximate surface area is 117 Å². The van der Waals surface area contributed by atoms with Crippen molar-refractivity contribution in [3.8, 4) is 17.2 Å². The normalized spacial score (nSPS) is 10.1. The summed E-state index contributed by atoms with van der Waals surface area (Å²) in [5.41, 5.74) is 2.13. The maximum absolute atomic E-state index is 9.69. The van der Waals surface area contributed by atoms with E-state index in [1.54, 1.807) is 18.2 Å². The standard InChI is InChI=1S/C13H9NO2.Hf/c15-11-7-3-1-5-9(11)13-14-10-6-2-4-8-12(10)16-13;/h1-8,15H;. The molecule has 0 aliphatic heterocycles. The first-order valence-corrected chi connectivity index (χ1v) is 4.98. The molecule has 0 bridgehead atoms. The molecule has 3 nitrogen and oxygen atoms in total. The largest absolute Gasteiger partial charge is 0.507 e. The number of phenols is 1. The maximum Gasteiger partial charge on any atom is 0.231 e. The molecule has 0 aliphatic carbocycles. The SMILES string of the molecule is Oc1ccccc1-c1nc2ccccc2o1.[Hf]. The number of nitrogens with zero attached hydrogens (tertiary/aromatic N) is 1. The van der Waals surface area contributed by atoms with E-state index in [4.69, 9.17) is 4.42 Å². The van der Waals surface area contributed by atoms with Crippen LogP contribution in [-0.2, 0) is 25.8 Å². The van der Waals surface area contributed by atoms with Crippen molar-refractivity contribution in [3.05, 3.63) is 48.5 Å². The maximum atomic E-state index is 9.69. The molecule has 82 valence electrons. The molecular weight excluding hydrogens is 381 g/mol. The molecule has 17 heavy (non-hydrogen) atoms. The van der Waals surface area contributed by atoms with E-state index >= 15 is 0 Å². The van der Waals surface area contributed by atoms with Gasteiger partial charge in [0, 0.05) is 25.8 Å². The van der Waals surface area contributed by atoms with Gasteiger partial charge >= 0.3 is 0 Å². The van der Waals surface area contributed by atoms with Crippen molar-refractivity contribution in [2.75, 3.05) is 0 Å². The molecular formula is C13H9HfNO2. The van der Waals surface area contributed by atoms with Crippen LogP contribution in [0, 0.1) is 0 Å². The molecule has 0 radical (unpaired) electrons. The van der Waals surface area contributed by atoms with Crippen molar-refractivity contribution < 1.29 is 35.4 Å². The van der Waals surface area contributed by atoms with Crippen molar-refractivity contribution >= 4 is 11.1 Å². The Bertz CT molecular complexity index is 615. The number of phenolic OH excluding ortho intramolecular Hbond substituents is 1. The van der Waals surface area contributed by atoms with Gasteiger partial charge in [-0.3, -0.25) is 0 Å². The molecule has 4 heteroatoms. The molecule has 0 atom stereocenters. The number of hydrogen-bond acceptors (Lipinski definition) is 3. The average Bonchev–Trinajstić information content (AvgIpc) is 2.73. The van der Waals surface area contributed by atoms with E-state index < -0.39 is 0 Å². The Hall–Kier alpha value is -1.42. The summed E-state index contributed by atoms with van der Waals surface area (Å²) in [7, 11) is 0. The summed E-state index contributed by atoms with van der Waals surface area (Å²) in [6.45, 7) is 0. The minimum absolute atomic E-state index is 0. The number of para-hydroxylation sites is 3. The Morgan fingerprint density at radius 3 is 2.41 bits per heavy atom. The Kier molecular flexibility index (Phi) is 3.43. The van der Waals surface area contributed by atoms with E-state index in [1.807, 2.05) is 30.3 Å². The first-order chi connectivity index (χ1) is 7.84. The third kappa shape index (κ3) is 2.17. The molecule has 1 N–H and O–H groups in total. The fourth-order valence-electron chi connectivity index (χ4n) is 1.64. The predicted octanol–water partition coefficient (Wildman–Crippen LogP) is 3.20. The van der Waals surface area contributed by atoms with Crippen molar-refractivity contribution in [2.24, 2.45) is 0 Å². The topological polar surface area (TPSA) is 46.3 Å². The summed E-state index contributed by atoms with van der Waals surface area (Å²) in [4.78, 5) is 4.32. The fraction of sp³-hybridized carbons (Fsp3) is 0. The van der Waals surface area contributed by atoms with Crippen LogP contribution in [0.3, 0.4) is 0 Å². The first-order valence-electron chi connectivity index (χ1n) is 4.98. The Morgan fingerprint density at radius 1 is 0.941 bits per heavy atom. The van der Waals surface area contributed by atoms with Gasteiger partial charge in [0.2, 0.25) is 5.89 Å². The number of oxazole rings is 1. The minimum Gasteiger partial charge on any atom is -0.507 e. The van der Waals surface area contributed by atoms with Crippen LogP contribution in [-0.4, -0.2) is 10.1 Å². The van der Waals surface area contributed by atoms with Gasteiger partial charge in [-0.1, -0.05) is 24.3 Å². The van der Waals surface area contributed by atoms with Gasteiger partial charge in [-0.2, -0.15) is 0 Å². The first kappa shape index (κ1) is 12.0. The van der Waals surface area contributed by atoms with Crippen LogP contribution in [0.1, 0.15) is 0 Å². The van der Waals surface area contributed by atoms with Gasteiger partial charge in [0.15, 0.2) is 5.58 Å². The molecule has 2 aromatic carbocycles. The van der Waals surface area contributed by atoms with Crippen molar-refractivity contribution in [1.82, 2.24) is 4.98 Å².